The Morgan fingerprint density at radius 3 is 3.05 bits per heavy atom. The van der Waals surface area contributed by atoms with Crippen LogP contribution < -0.4 is 16.4 Å². The summed E-state index contributed by atoms with van der Waals surface area (Å²) in [7, 11) is 0. The molecule has 0 saturated carbocycles. The summed E-state index contributed by atoms with van der Waals surface area (Å²) in [4.78, 5) is 16.0. The average molecular weight is 278 g/mol. The van der Waals surface area contributed by atoms with E-state index in [1.807, 2.05) is 26.0 Å². The first-order valence-corrected chi connectivity index (χ1v) is 7.17. The van der Waals surface area contributed by atoms with Gasteiger partial charge in [0.05, 0.1) is 21.6 Å². The highest BCUT2D eigenvalue weighted by atomic mass is 32.1. The molecule has 2 aromatic rings. The Balaban J connectivity index is 2.12. The fraction of sp³-hybridized carbons (Fsp3) is 0.385. The molecule has 1 heterocycles. The first-order valence-electron chi connectivity index (χ1n) is 6.29. The molecule has 0 aliphatic rings. The van der Waals surface area contributed by atoms with E-state index in [1.165, 1.54) is 0 Å². The SMILES string of the molecule is CCCNC(=O)C(C)Nc1ccc2scnc2c1N. The molecule has 102 valence electrons. The van der Waals surface area contributed by atoms with Crippen molar-refractivity contribution < 1.29 is 4.79 Å². The predicted octanol–water partition coefficient (Wildman–Crippen LogP) is 2.21. The fourth-order valence-corrected chi connectivity index (χ4v) is 2.47. The lowest BCUT2D eigenvalue weighted by Gasteiger charge is -2.16. The molecule has 0 aliphatic heterocycles. The van der Waals surface area contributed by atoms with E-state index in [4.69, 9.17) is 5.73 Å². The normalized spacial score (nSPS) is 12.3. The second-order valence-electron chi connectivity index (χ2n) is 4.38. The molecule has 4 N–H and O–H groups in total. The van der Waals surface area contributed by atoms with Gasteiger partial charge in [0.1, 0.15) is 11.6 Å². The van der Waals surface area contributed by atoms with Crippen LogP contribution in [-0.4, -0.2) is 23.5 Å². The molecule has 0 radical (unpaired) electrons. The molecule has 0 aliphatic carbocycles. The third kappa shape index (κ3) is 2.96. The highest BCUT2D eigenvalue weighted by molar-refractivity contribution is 7.16. The number of carbonyl (C=O) groups excluding carboxylic acids is 1. The van der Waals surface area contributed by atoms with Gasteiger partial charge in [0, 0.05) is 6.54 Å². The number of nitrogens with zero attached hydrogens (tertiary/aromatic N) is 1. The summed E-state index contributed by atoms with van der Waals surface area (Å²) in [5.41, 5.74) is 9.96. The van der Waals surface area contributed by atoms with Gasteiger partial charge in [0.25, 0.3) is 0 Å². The predicted molar refractivity (Wildman–Crippen MR) is 80.4 cm³/mol. The topological polar surface area (TPSA) is 80.0 Å². The first kappa shape index (κ1) is 13.6. The summed E-state index contributed by atoms with van der Waals surface area (Å²) in [5, 5.41) is 5.98. The largest absolute Gasteiger partial charge is 0.395 e. The van der Waals surface area contributed by atoms with Gasteiger partial charge < -0.3 is 16.4 Å². The highest BCUT2D eigenvalue weighted by Crippen LogP contribution is 2.30. The summed E-state index contributed by atoms with van der Waals surface area (Å²) in [5.74, 6) is -0.0281. The Morgan fingerprint density at radius 1 is 1.53 bits per heavy atom. The molecular formula is C13H18N4OS. The number of anilines is 2. The second kappa shape index (κ2) is 5.88. The molecule has 1 aromatic heterocycles. The van der Waals surface area contributed by atoms with Crippen LogP contribution >= 0.6 is 11.3 Å². The van der Waals surface area contributed by atoms with Crippen molar-refractivity contribution in [3.05, 3.63) is 17.6 Å². The van der Waals surface area contributed by atoms with E-state index in [0.717, 1.165) is 22.3 Å². The molecule has 0 spiro atoms. The Labute approximate surface area is 116 Å². The van der Waals surface area contributed by atoms with Crippen molar-refractivity contribution in [3.63, 3.8) is 0 Å². The smallest absolute Gasteiger partial charge is 0.242 e. The number of nitrogens with one attached hydrogen (secondary N) is 2. The van der Waals surface area contributed by atoms with Gasteiger partial charge >= 0.3 is 0 Å². The van der Waals surface area contributed by atoms with Crippen molar-refractivity contribution in [2.24, 2.45) is 0 Å². The zero-order valence-corrected chi connectivity index (χ0v) is 11.9. The number of hydrogen-bond donors (Lipinski definition) is 3. The van der Waals surface area contributed by atoms with E-state index >= 15 is 0 Å². The molecule has 5 nitrogen and oxygen atoms in total. The number of rotatable bonds is 5. The number of nitrogen functional groups attached to an aromatic ring is 1. The summed E-state index contributed by atoms with van der Waals surface area (Å²) in [6, 6.07) is 3.52. The molecule has 2 rings (SSSR count). The first-order chi connectivity index (χ1) is 9.13. The molecule has 1 atom stereocenters. The van der Waals surface area contributed by atoms with E-state index in [0.29, 0.717) is 12.2 Å². The van der Waals surface area contributed by atoms with Crippen LogP contribution in [0.2, 0.25) is 0 Å². The Morgan fingerprint density at radius 2 is 2.32 bits per heavy atom. The van der Waals surface area contributed by atoms with E-state index < -0.39 is 0 Å². The molecule has 6 heteroatoms. The maximum atomic E-state index is 11.8. The van der Waals surface area contributed by atoms with Gasteiger partial charge in [-0.2, -0.15) is 0 Å². The van der Waals surface area contributed by atoms with Crippen molar-refractivity contribution >= 4 is 38.8 Å². The van der Waals surface area contributed by atoms with Crippen LogP contribution in [0.25, 0.3) is 10.2 Å². The Kier molecular flexibility index (Phi) is 4.21. The Hall–Kier alpha value is -1.82. The van der Waals surface area contributed by atoms with Crippen molar-refractivity contribution in [1.82, 2.24) is 10.3 Å². The summed E-state index contributed by atoms with van der Waals surface area (Å²) < 4.78 is 1.05. The lowest BCUT2D eigenvalue weighted by molar-refractivity contribution is -0.121. The van der Waals surface area contributed by atoms with Gasteiger partial charge in [0.15, 0.2) is 0 Å². The van der Waals surface area contributed by atoms with Crippen LogP contribution in [0.15, 0.2) is 17.6 Å². The monoisotopic (exact) mass is 278 g/mol. The Bertz CT molecular complexity index is 581. The maximum Gasteiger partial charge on any atom is 0.242 e. The summed E-state index contributed by atoms with van der Waals surface area (Å²) in [6.45, 7) is 4.52. The highest BCUT2D eigenvalue weighted by Gasteiger charge is 2.14. The van der Waals surface area contributed by atoms with E-state index in [2.05, 4.69) is 15.6 Å². The molecule has 1 amide bonds. The van der Waals surface area contributed by atoms with Gasteiger partial charge in [-0.3, -0.25) is 4.79 Å². The molecule has 1 aromatic carbocycles. The molecule has 0 fully saturated rings. The number of nitrogens with two attached hydrogens (primary N) is 1. The quantitative estimate of drug-likeness (QED) is 0.733. The number of thiazole rings is 1. The zero-order chi connectivity index (χ0) is 13.8. The lowest BCUT2D eigenvalue weighted by atomic mass is 10.2. The second-order valence-corrected chi connectivity index (χ2v) is 5.27. The van der Waals surface area contributed by atoms with Crippen molar-refractivity contribution in [2.45, 2.75) is 26.3 Å². The van der Waals surface area contributed by atoms with E-state index in [-0.39, 0.29) is 11.9 Å². The minimum atomic E-state index is -0.329. The number of hydrogen-bond acceptors (Lipinski definition) is 5. The van der Waals surface area contributed by atoms with Crippen LogP contribution in [0.4, 0.5) is 11.4 Å². The molecule has 0 saturated heterocycles. The molecule has 0 bridgehead atoms. The van der Waals surface area contributed by atoms with Crippen molar-refractivity contribution in [3.8, 4) is 0 Å². The van der Waals surface area contributed by atoms with Crippen molar-refractivity contribution in [1.29, 1.82) is 0 Å². The number of benzene rings is 1. The number of amides is 1. The number of carbonyl (C=O) groups is 1. The standard InChI is InChI=1S/C13H18N4OS/c1-3-6-15-13(18)8(2)17-9-4-5-10-12(11(9)14)16-7-19-10/h4-5,7-8,17H,3,6,14H2,1-2H3,(H,15,18). The van der Waals surface area contributed by atoms with Crippen LogP contribution in [0.5, 0.6) is 0 Å². The number of aromatic nitrogens is 1. The third-order valence-electron chi connectivity index (χ3n) is 2.86. The fourth-order valence-electron chi connectivity index (χ4n) is 1.78. The summed E-state index contributed by atoms with van der Waals surface area (Å²) >= 11 is 1.55. The lowest BCUT2D eigenvalue weighted by Crippen LogP contribution is -2.38. The van der Waals surface area contributed by atoms with E-state index in [9.17, 15) is 4.79 Å². The van der Waals surface area contributed by atoms with E-state index in [1.54, 1.807) is 16.8 Å². The summed E-state index contributed by atoms with van der Waals surface area (Å²) in [6.07, 6.45) is 0.922. The molecular weight excluding hydrogens is 260 g/mol. The van der Waals surface area contributed by atoms with Crippen LogP contribution in [0.3, 0.4) is 0 Å². The van der Waals surface area contributed by atoms with Gasteiger partial charge in [-0.25, -0.2) is 4.98 Å². The zero-order valence-electron chi connectivity index (χ0n) is 11.1. The third-order valence-corrected chi connectivity index (χ3v) is 3.65. The van der Waals surface area contributed by atoms with Crippen molar-refractivity contribution in [2.75, 3.05) is 17.6 Å². The van der Waals surface area contributed by atoms with Crippen LogP contribution in [0.1, 0.15) is 20.3 Å². The minimum Gasteiger partial charge on any atom is -0.395 e. The molecule has 19 heavy (non-hydrogen) atoms. The van der Waals surface area contributed by atoms with Gasteiger partial charge in [0.2, 0.25) is 5.91 Å². The van der Waals surface area contributed by atoms with Gasteiger partial charge in [-0.15, -0.1) is 11.3 Å². The molecule has 1 unspecified atom stereocenters. The average Bonchev–Trinajstić information content (AvgIpc) is 2.88. The number of fused-ring (bicyclic) bond motifs is 1. The van der Waals surface area contributed by atoms with Crippen LogP contribution in [0, 0.1) is 0 Å². The van der Waals surface area contributed by atoms with Gasteiger partial charge in [-0.05, 0) is 25.5 Å². The minimum absolute atomic E-state index is 0.0281. The van der Waals surface area contributed by atoms with Gasteiger partial charge in [-0.1, -0.05) is 6.92 Å². The van der Waals surface area contributed by atoms with Crippen LogP contribution in [-0.2, 0) is 4.79 Å². The maximum absolute atomic E-state index is 11.8.